The van der Waals surface area contributed by atoms with Gasteiger partial charge in [0.05, 0.1) is 0 Å². The van der Waals surface area contributed by atoms with E-state index < -0.39 is 0 Å². The molecule has 3 fully saturated rings. The van der Waals surface area contributed by atoms with Crippen LogP contribution in [0.25, 0.3) is 0 Å². The number of rotatable bonds is 6. The lowest BCUT2D eigenvalue weighted by molar-refractivity contribution is -0.117. The predicted molar refractivity (Wildman–Crippen MR) is 127 cm³/mol. The van der Waals surface area contributed by atoms with Crippen molar-refractivity contribution in [2.45, 2.75) is 98.8 Å². The molecule has 1 nitrogen and oxygen atoms in total. The van der Waals surface area contributed by atoms with Gasteiger partial charge in [0.25, 0.3) is 0 Å². The highest BCUT2D eigenvalue weighted by molar-refractivity contribution is 5.91. The van der Waals surface area contributed by atoms with Crippen LogP contribution in [0.5, 0.6) is 0 Å². The molecule has 0 N–H and O–H groups in total. The Morgan fingerprint density at radius 3 is 2.50 bits per heavy atom. The van der Waals surface area contributed by atoms with Gasteiger partial charge in [-0.25, -0.2) is 0 Å². The smallest absolute Gasteiger partial charge is 0.155 e. The fraction of sp³-hybridized carbons (Fsp3) is 0.828. The van der Waals surface area contributed by atoms with Crippen LogP contribution in [0.3, 0.4) is 0 Å². The quantitative estimate of drug-likeness (QED) is 0.405. The minimum atomic E-state index is 0.316. The summed E-state index contributed by atoms with van der Waals surface area (Å²) in [4.78, 5) is 12.1. The van der Waals surface area contributed by atoms with Crippen molar-refractivity contribution in [2.75, 3.05) is 0 Å². The molecule has 0 amide bonds. The van der Waals surface area contributed by atoms with E-state index in [0.29, 0.717) is 28.4 Å². The van der Waals surface area contributed by atoms with E-state index in [9.17, 15) is 4.79 Å². The lowest BCUT2D eigenvalue weighted by atomic mass is 9.46. The lowest BCUT2D eigenvalue weighted by Crippen LogP contribution is -2.51. The van der Waals surface area contributed by atoms with Gasteiger partial charge in [-0.1, -0.05) is 46.3 Å². The summed E-state index contributed by atoms with van der Waals surface area (Å²) in [6.07, 6.45) is 17.1. The summed E-state index contributed by atoms with van der Waals surface area (Å²) in [6.45, 7) is 16.5. The fourth-order valence-electron chi connectivity index (χ4n) is 8.91. The third-order valence-corrected chi connectivity index (χ3v) is 10.8. The average Bonchev–Trinajstić information content (AvgIpc) is 3.06. The Morgan fingerprint density at radius 1 is 1.03 bits per heavy atom. The third kappa shape index (κ3) is 3.57. The molecular formula is C29H46O. The molecule has 0 saturated heterocycles. The number of hydrogen-bond acceptors (Lipinski definition) is 1. The third-order valence-electron chi connectivity index (χ3n) is 10.8. The maximum Gasteiger partial charge on any atom is 0.155 e. The summed E-state index contributed by atoms with van der Waals surface area (Å²) in [5, 5.41) is 0. The van der Waals surface area contributed by atoms with Crippen LogP contribution in [0.2, 0.25) is 0 Å². The van der Waals surface area contributed by atoms with Gasteiger partial charge in [-0.15, -0.1) is 6.58 Å². The average molecular weight is 411 g/mol. The molecule has 0 spiro atoms. The minimum Gasteiger partial charge on any atom is -0.295 e. The van der Waals surface area contributed by atoms with Gasteiger partial charge >= 0.3 is 0 Å². The zero-order chi connectivity index (χ0) is 21.7. The normalized spacial score (nSPS) is 42.7. The van der Waals surface area contributed by atoms with Crippen molar-refractivity contribution >= 4 is 5.78 Å². The Morgan fingerprint density at radius 2 is 1.80 bits per heavy atom. The fourth-order valence-corrected chi connectivity index (χ4v) is 8.91. The van der Waals surface area contributed by atoms with Gasteiger partial charge in [0.2, 0.25) is 0 Å². The first kappa shape index (κ1) is 22.3. The first-order valence-corrected chi connectivity index (χ1v) is 13.1. The van der Waals surface area contributed by atoms with Gasteiger partial charge in [-0.3, -0.25) is 4.79 Å². The van der Waals surface area contributed by atoms with Gasteiger partial charge in [-0.05, 0) is 116 Å². The highest BCUT2D eigenvalue weighted by Crippen LogP contribution is 2.67. The van der Waals surface area contributed by atoms with E-state index in [0.717, 1.165) is 42.4 Å². The molecule has 0 radical (unpaired) electrons. The molecule has 0 aromatic heterocycles. The molecule has 8 atom stereocenters. The molecule has 4 aliphatic rings. The Kier molecular flexibility index (Phi) is 6.15. The van der Waals surface area contributed by atoms with Crippen LogP contribution in [0.1, 0.15) is 98.8 Å². The Labute approximate surface area is 186 Å². The minimum absolute atomic E-state index is 0.316. The number of allylic oxidation sites excluding steroid dienone is 2. The van der Waals surface area contributed by atoms with Crippen molar-refractivity contribution in [3.63, 3.8) is 0 Å². The van der Waals surface area contributed by atoms with Crippen molar-refractivity contribution in [3.8, 4) is 0 Å². The van der Waals surface area contributed by atoms with E-state index in [4.69, 9.17) is 0 Å². The number of hydrogen-bond donors (Lipinski definition) is 0. The van der Waals surface area contributed by atoms with E-state index in [-0.39, 0.29) is 0 Å². The summed E-state index contributed by atoms with van der Waals surface area (Å²) in [5.41, 5.74) is 2.37. The first-order chi connectivity index (χ1) is 14.2. The molecule has 0 aromatic carbocycles. The van der Waals surface area contributed by atoms with Crippen molar-refractivity contribution in [1.82, 2.24) is 0 Å². The molecule has 30 heavy (non-hydrogen) atoms. The molecule has 168 valence electrons. The van der Waals surface area contributed by atoms with Crippen molar-refractivity contribution < 1.29 is 4.79 Å². The van der Waals surface area contributed by atoms with Crippen LogP contribution in [0.4, 0.5) is 0 Å². The molecule has 0 bridgehead atoms. The molecule has 3 saturated carbocycles. The molecule has 1 unspecified atom stereocenters. The van der Waals surface area contributed by atoms with Crippen molar-refractivity contribution in [2.24, 2.45) is 52.3 Å². The number of carbonyl (C=O) groups excluding carboxylic acids is 1. The highest BCUT2D eigenvalue weighted by Gasteiger charge is 2.59. The Balaban J connectivity index is 1.48. The second kappa shape index (κ2) is 8.25. The largest absolute Gasteiger partial charge is 0.295 e. The van der Waals surface area contributed by atoms with Crippen molar-refractivity contribution in [1.29, 1.82) is 0 Å². The predicted octanol–water partition coefficient (Wildman–Crippen LogP) is 8.01. The van der Waals surface area contributed by atoms with Crippen LogP contribution < -0.4 is 0 Å². The van der Waals surface area contributed by atoms with Gasteiger partial charge < -0.3 is 0 Å². The summed E-state index contributed by atoms with van der Waals surface area (Å²) in [5.74, 6) is 6.14. The SMILES string of the molecule is C=CC(CC[C@@H](C)[C@H]1CC[C@H]2[C@@H]3CCC4=CC(=O)CC[C@]4(C)[C@H]3CC[C@]12C)C(C)C. The van der Waals surface area contributed by atoms with Crippen LogP contribution >= 0.6 is 0 Å². The summed E-state index contributed by atoms with van der Waals surface area (Å²) in [7, 11) is 0. The zero-order valence-electron chi connectivity index (χ0n) is 20.4. The van der Waals surface area contributed by atoms with E-state index >= 15 is 0 Å². The topological polar surface area (TPSA) is 17.1 Å². The van der Waals surface area contributed by atoms with E-state index in [1.165, 1.54) is 56.9 Å². The maximum absolute atomic E-state index is 12.1. The second-order valence-electron chi connectivity index (χ2n) is 12.4. The molecule has 0 heterocycles. The monoisotopic (exact) mass is 410 g/mol. The van der Waals surface area contributed by atoms with Gasteiger partial charge in [0, 0.05) is 6.42 Å². The summed E-state index contributed by atoms with van der Waals surface area (Å²) < 4.78 is 0. The first-order valence-electron chi connectivity index (χ1n) is 13.1. The number of ketones is 1. The van der Waals surface area contributed by atoms with E-state index in [1.54, 1.807) is 0 Å². The van der Waals surface area contributed by atoms with Crippen LogP contribution in [-0.4, -0.2) is 5.78 Å². The molecule has 4 rings (SSSR count). The van der Waals surface area contributed by atoms with Crippen LogP contribution in [0.15, 0.2) is 24.3 Å². The van der Waals surface area contributed by atoms with Crippen molar-refractivity contribution in [3.05, 3.63) is 24.3 Å². The second-order valence-corrected chi connectivity index (χ2v) is 12.4. The summed E-state index contributed by atoms with van der Waals surface area (Å²) in [6, 6.07) is 0. The standard InChI is InChI=1S/C29H46O/c1-7-21(19(2)3)9-8-20(4)25-12-13-26-24-11-10-22-18-23(30)14-16-28(22,5)27(24)15-17-29(25,26)6/h7,18-21,24-27H,1,8-17H2,2-6H3/t20-,21?,24+,25-,26+,27+,28+,29-/m1/s1. The number of fused-ring (bicyclic) bond motifs is 5. The number of carbonyl (C=O) groups is 1. The van der Waals surface area contributed by atoms with E-state index in [1.807, 2.05) is 0 Å². The molecule has 4 aliphatic carbocycles. The Bertz CT molecular complexity index is 701. The highest BCUT2D eigenvalue weighted by atomic mass is 16.1. The van der Waals surface area contributed by atoms with Gasteiger partial charge in [0.15, 0.2) is 5.78 Å². The molecule has 0 aromatic rings. The summed E-state index contributed by atoms with van der Waals surface area (Å²) >= 11 is 0. The van der Waals surface area contributed by atoms with Gasteiger partial charge in [0.1, 0.15) is 0 Å². The van der Waals surface area contributed by atoms with Gasteiger partial charge in [-0.2, -0.15) is 0 Å². The maximum atomic E-state index is 12.1. The Hall–Kier alpha value is -0.850. The van der Waals surface area contributed by atoms with Crippen LogP contribution in [0, 0.1) is 52.3 Å². The van der Waals surface area contributed by atoms with Crippen LogP contribution in [-0.2, 0) is 4.79 Å². The molecule has 1 heteroatoms. The molecular weight excluding hydrogens is 364 g/mol. The van der Waals surface area contributed by atoms with E-state index in [2.05, 4.69) is 53.3 Å². The molecule has 0 aliphatic heterocycles. The zero-order valence-corrected chi connectivity index (χ0v) is 20.4. The lowest BCUT2D eigenvalue weighted by Gasteiger charge is -2.58.